The van der Waals surface area contributed by atoms with Gasteiger partial charge in [-0.2, -0.15) is 0 Å². The largest absolute Gasteiger partial charge is 0.298 e. The smallest absolute Gasteiger partial charge is 0.0335 e. The van der Waals surface area contributed by atoms with Crippen molar-refractivity contribution in [3.63, 3.8) is 0 Å². The van der Waals surface area contributed by atoms with E-state index in [1.54, 1.807) is 0 Å². The second kappa shape index (κ2) is 4.78. The molecule has 0 spiro atoms. The van der Waals surface area contributed by atoms with Gasteiger partial charge < -0.3 is 0 Å². The molecule has 0 bridgehead atoms. The van der Waals surface area contributed by atoms with Gasteiger partial charge in [0.15, 0.2) is 0 Å². The summed E-state index contributed by atoms with van der Waals surface area (Å²) in [6.07, 6.45) is 5.41. The van der Waals surface area contributed by atoms with Crippen molar-refractivity contribution in [3.05, 3.63) is 11.6 Å². The molecule has 0 N–H and O–H groups in total. The average molecular weight is 174 g/mol. The van der Waals surface area contributed by atoms with Gasteiger partial charge in [0.1, 0.15) is 0 Å². The number of likely N-dealkylation sites (tertiary alicyclic amines) is 1. The Hall–Kier alpha value is -0.0100. The number of halogens is 1. The molecule has 11 heavy (non-hydrogen) atoms. The Balaban J connectivity index is 2.25. The molecule has 0 unspecified atom stereocenters. The van der Waals surface area contributed by atoms with Gasteiger partial charge >= 0.3 is 0 Å². The molecule has 0 aromatic rings. The minimum atomic E-state index is 0.770. The van der Waals surface area contributed by atoms with Crippen LogP contribution in [0.5, 0.6) is 0 Å². The van der Waals surface area contributed by atoms with Crippen LogP contribution in [0, 0.1) is 0 Å². The van der Waals surface area contributed by atoms with E-state index in [-0.39, 0.29) is 0 Å². The number of nitrogens with zero attached hydrogens (tertiary/aromatic N) is 1. The van der Waals surface area contributed by atoms with Crippen LogP contribution < -0.4 is 0 Å². The van der Waals surface area contributed by atoms with E-state index in [1.165, 1.54) is 38.8 Å². The monoisotopic (exact) mass is 173 g/mol. The summed E-state index contributed by atoms with van der Waals surface area (Å²) in [5, 5.41) is 0.770. The molecule has 1 aliphatic heterocycles. The fourth-order valence-corrected chi connectivity index (χ4v) is 1.71. The predicted molar refractivity (Wildman–Crippen MR) is 49.9 cm³/mol. The van der Waals surface area contributed by atoms with Crippen molar-refractivity contribution in [1.29, 1.82) is 0 Å². The van der Waals surface area contributed by atoms with E-state index >= 15 is 0 Å². The highest BCUT2D eigenvalue weighted by Gasteiger charge is 2.08. The van der Waals surface area contributed by atoms with Crippen LogP contribution >= 0.6 is 11.6 Å². The zero-order chi connectivity index (χ0) is 8.10. The van der Waals surface area contributed by atoms with Crippen molar-refractivity contribution >= 4 is 11.6 Å². The lowest BCUT2D eigenvalue weighted by Gasteiger charge is -2.18. The molecular formula is C9H16ClN. The Labute approximate surface area is 74.0 Å². The third-order valence-corrected chi connectivity index (χ3v) is 2.21. The van der Waals surface area contributed by atoms with E-state index in [0.717, 1.165) is 11.6 Å². The topological polar surface area (TPSA) is 3.24 Å². The van der Waals surface area contributed by atoms with E-state index in [9.17, 15) is 0 Å². The van der Waals surface area contributed by atoms with Gasteiger partial charge in [-0.25, -0.2) is 0 Å². The molecule has 1 fully saturated rings. The summed E-state index contributed by atoms with van der Waals surface area (Å²) in [5.41, 5.74) is 0. The van der Waals surface area contributed by atoms with Crippen LogP contribution in [0.25, 0.3) is 0 Å². The number of hydrogen-bond donors (Lipinski definition) is 0. The second-order valence-electron chi connectivity index (χ2n) is 3.21. The van der Waals surface area contributed by atoms with E-state index in [1.807, 2.05) is 0 Å². The highest BCUT2D eigenvalue weighted by Crippen LogP contribution is 2.11. The maximum atomic E-state index is 5.73. The molecule has 1 saturated heterocycles. The maximum Gasteiger partial charge on any atom is 0.0335 e. The van der Waals surface area contributed by atoms with Crippen LogP contribution in [-0.2, 0) is 0 Å². The first-order valence-electron chi connectivity index (χ1n) is 4.34. The molecule has 1 rings (SSSR count). The van der Waals surface area contributed by atoms with E-state index in [4.69, 9.17) is 11.6 Å². The zero-order valence-corrected chi connectivity index (χ0v) is 7.74. The SMILES string of the molecule is C=C(Cl)CN1CCCCCC1. The summed E-state index contributed by atoms with van der Waals surface area (Å²) in [4.78, 5) is 2.39. The third kappa shape index (κ3) is 3.78. The van der Waals surface area contributed by atoms with Gasteiger partial charge in [-0.15, -0.1) is 0 Å². The Morgan fingerprint density at radius 2 is 1.73 bits per heavy atom. The van der Waals surface area contributed by atoms with Gasteiger partial charge in [-0.05, 0) is 25.9 Å². The average Bonchev–Trinajstić information content (AvgIpc) is 2.14. The van der Waals surface area contributed by atoms with Crippen molar-refractivity contribution in [2.75, 3.05) is 19.6 Å². The Kier molecular flexibility index (Phi) is 3.95. The molecule has 0 saturated carbocycles. The fourth-order valence-electron chi connectivity index (χ4n) is 1.54. The Morgan fingerprint density at radius 3 is 2.18 bits per heavy atom. The van der Waals surface area contributed by atoms with E-state index in [2.05, 4.69) is 11.5 Å². The van der Waals surface area contributed by atoms with Crippen LogP contribution in [-0.4, -0.2) is 24.5 Å². The molecule has 1 aliphatic rings. The minimum Gasteiger partial charge on any atom is -0.298 e. The van der Waals surface area contributed by atoms with Gasteiger partial charge in [-0.1, -0.05) is 31.0 Å². The lowest BCUT2D eigenvalue weighted by atomic mass is 10.2. The molecule has 0 aliphatic carbocycles. The molecule has 1 nitrogen and oxygen atoms in total. The van der Waals surface area contributed by atoms with Crippen molar-refractivity contribution in [2.45, 2.75) is 25.7 Å². The standard InChI is InChI=1S/C9H16ClN/c1-9(10)8-11-6-4-2-3-5-7-11/h1-8H2. The fraction of sp³-hybridized carbons (Fsp3) is 0.778. The maximum absolute atomic E-state index is 5.73. The van der Waals surface area contributed by atoms with Crippen LogP contribution in [0.3, 0.4) is 0 Å². The molecular weight excluding hydrogens is 158 g/mol. The van der Waals surface area contributed by atoms with Crippen LogP contribution in [0.2, 0.25) is 0 Å². The zero-order valence-electron chi connectivity index (χ0n) is 6.98. The van der Waals surface area contributed by atoms with Crippen LogP contribution in [0.4, 0.5) is 0 Å². The molecule has 64 valence electrons. The summed E-state index contributed by atoms with van der Waals surface area (Å²) >= 11 is 5.73. The highest BCUT2D eigenvalue weighted by molar-refractivity contribution is 6.29. The van der Waals surface area contributed by atoms with Gasteiger partial charge in [0, 0.05) is 11.6 Å². The van der Waals surface area contributed by atoms with Gasteiger partial charge in [0.05, 0.1) is 0 Å². The normalized spacial score (nSPS) is 21.2. The lowest BCUT2D eigenvalue weighted by molar-refractivity contribution is 0.313. The predicted octanol–water partition coefficient (Wildman–Crippen LogP) is 2.61. The van der Waals surface area contributed by atoms with E-state index in [0.29, 0.717) is 0 Å². The summed E-state index contributed by atoms with van der Waals surface area (Å²) in [5.74, 6) is 0. The number of hydrogen-bond acceptors (Lipinski definition) is 1. The molecule has 0 atom stereocenters. The molecule has 0 aromatic carbocycles. The Morgan fingerprint density at radius 1 is 1.18 bits per heavy atom. The van der Waals surface area contributed by atoms with Gasteiger partial charge in [-0.3, -0.25) is 4.90 Å². The van der Waals surface area contributed by atoms with Crippen molar-refractivity contribution in [2.24, 2.45) is 0 Å². The van der Waals surface area contributed by atoms with Crippen molar-refractivity contribution in [3.8, 4) is 0 Å². The van der Waals surface area contributed by atoms with E-state index < -0.39 is 0 Å². The molecule has 0 aromatic heterocycles. The summed E-state index contributed by atoms with van der Waals surface area (Å²) in [6, 6.07) is 0. The first-order chi connectivity index (χ1) is 5.29. The summed E-state index contributed by atoms with van der Waals surface area (Å²) in [6.45, 7) is 6.98. The number of rotatable bonds is 2. The van der Waals surface area contributed by atoms with Gasteiger partial charge in [0.2, 0.25) is 0 Å². The molecule has 2 heteroatoms. The lowest BCUT2D eigenvalue weighted by Crippen LogP contribution is -2.25. The minimum absolute atomic E-state index is 0.770. The second-order valence-corrected chi connectivity index (χ2v) is 3.74. The molecule has 0 radical (unpaired) electrons. The van der Waals surface area contributed by atoms with Crippen molar-refractivity contribution < 1.29 is 0 Å². The highest BCUT2D eigenvalue weighted by atomic mass is 35.5. The summed E-state index contributed by atoms with van der Waals surface area (Å²) in [7, 11) is 0. The molecule has 1 heterocycles. The first-order valence-corrected chi connectivity index (χ1v) is 4.72. The summed E-state index contributed by atoms with van der Waals surface area (Å²) < 4.78 is 0. The Bertz CT molecular complexity index is 126. The van der Waals surface area contributed by atoms with Crippen LogP contribution in [0.1, 0.15) is 25.7 Å². The quantitative estimate of drug-likeness (QED) is 0.621. The molecule has 0 amide bonds. The third-order valence-electron chi connectivity index (χ3n) is 2.09. The van der Waals surface area contributed by atoms with Crippen LogP contribution in [0.15, 0.2) is 11.6 Å². The van der Waals surface area contributed by atoms with Crippen molar-refractivity contribution in [1.82, 2.24) is 4.90 Å². The first kappa shape index (κ1) is 9.08. The van der Waals surface area contributed by atoms with Gasteiger partial charge in [0.25, 0.3) is 0 Å².